The lowest BCUT2D eigenvalue weighted by Gasteiger charge is -2.00. The molecule has 0 aliphatic heterocycles. The minimum Gasteiger partial charge on any atom is -0.475 e. The number of aryl methyl sites for hydroxylation is 2. The number of rotatable bonds is 2. The normalized spacial score (nSPS) is 10.7. The van der Waals surface area contributed by atoms with E-state index in [9.17, 15) is 14.4 Å². The van der Waals surface area contributed by atoms with Crippen LogP contribution in [0.2, 0.25) is 0 Å². The molecule has 0 spiro atoms. The number of carbonyl (C=O) groups excluding carboxylic acids is 1. The van der Waals surface area contributed by atoms with Crippen LogP contribution in [0, 0.1) is 0 Å². The summed E-state index contributed by atoms with van der Waals surface area (Å²) in [6, 6.07) is 4.62. The van der Waals surface area contributed by atoms with Crippen molar-refractivity contribution >= 4 is 22.8 Å². The molecule has 1 heterocycles. The lowest BCUT2D eigenvalue weighted by Crippen LogP contribution is -2.20. The fourth-order valence-electron chi connectivity index (χ4n) is 1.88. The van der Waals surface area contributed by atoms with Crippen LogP contribution in [-0.2, 0) is 18.9 Å². The Hall–Kier alpha value is -2.37. The molecule has 0 unspecified atom stereocenters. The summed E-state index contributed by atoms with van der Waals surface area (Å²) in [5.74, 6) is -2.55. The summed E-state index contributed by atoms with van der Waals surface area (Å²) >= 11 is 0. The topological polar surface area (TPSA) is 81.3 Å². The first-order chi connectivity index (χ1) is 7.95. The van der Waals surface area contributed by atoms with Crippen molar-refractivity contribution in [3.8, 4) is 0 Å². The van der Waals surface area contributed by atoms with Crippen molar-refractivity contribution < 1.29 is 14.7 Å². The third-order valence-corrected chi connectivity index (χ3v) is 2.72. The monoisotopic (exact) mass is 234 g/mol. The molecule has 17 heavy (non-hydrogen) atoms. The number of para-hydroxylation sites is 1. The highest BCUT2D eigenvalue weighted by atomic mass is 16.4. The molecular formula is C11H10N2O4. The number of Topliss-reactive ketones (excluding diaryl/α,β-unsaturated/α-hetero) is 1. The highest BCUT2D eigenvalue weighted by Crippen LogP contribution is 2.17. The van der Waals surface area contributed by atoms with Crippen LogP contribution in [0.1, 0.15) is 10.4 Å². The van der Waals surface area contributed by atoms with Crippen LogP contribution in [0.3, 0.4) is 0 Å². The number of carboxylic acid groups (broad SMARTS) is 1. The molecule has 0 aliphatic rings. The summed E-state index contributed by atoms with van der Waals surface area (Å²) in [5, 5.41) is 8.72. The van der Waals surface area contributed by atoms with Gasteiger partial charge in [-0.25, -0.2) is 9.59 Å². The lowest BCUT2D eigenvalue weighted by molar-refractivity contribution is -0.131. The van der Waals surface area contributed by atoms with Gasteiger partial charge in [0.1, 0.15) is 0 Å². The van der Waals surface area contributed by atoms with Crippen LogP contribution in [0.4, 0.5) is 0 Å². The van der Waals surface area contributed by atoms with Crippen molar-refractivity contribution in [2.45, 2.75) is 0 Å². The molecule has 88 valence electrons. The molecule has 0 atom stereocenters. The van der Waals surface area contributed by atoms with E-state index in [1.54, 1.807) is 19.2 Å². The number of ketones is 1. The molecule has 0 saturated heterocycles. The van der Waals surface area contributed by atoms with E-state index in [-0.39, 0.29) is 11.3 Å². The zero-order valence-corrected chi connectivity index (χ0v) is 9.30. The Balaban J connectivity index is 2.92. The van der Waals surface area contributed by atoms with E-state index >= 15 is 0 Å². The molecule has 2 aromatic rings. The van der Waals surface area contributed by atoms with E-state index in [2.05, 4.69) is 0 Å². The largest absolute Gasteiger partial charge is 0.475 e. The van der Waals surface area contributed by atoms with Gasteiger partial charge in [0.25, 0.3) is 5.78 Å². The summed E-state index contributed by atoms with van der Waals surface area (Å²) < 4.78 is 2.64. The third-order valence-electron chi connectivity index (χ3n) is 2.72. The van der Waals surface area contributed by atoms with Gasteiger partial charge in [-0.2, -0.15) is 0 Å². The van der Waals surface area contributed by atoms with Crippen LogP contribution in [0.5, 0.6) is 0 Å². The van der Waals surface area contributed by atoms with Gasteiger partial charge in [-0.05, 0) is 12.1 Å². The highest BCUT2D eigenvalue weighted by molar-refractivity contribution is 6.42. The number of nitrogens with zero attached hydrogens (tertiary/aromatic N) is 2. The second-order valence-electron chi connectivity index (χ2n) is 3.71. The summed E-state index contributed by atoms with van der Waals surface area (Å²) in [6.45, 7) is 0. The number of fused-ring (bicyclic) bond motifs is 1. The second-order valence-corrected chi connectivity index (χ2v) is 3.71. The van der Waals surface area contributed by atoms with Crippen LogP contribution in [-0.4, -0.2) is 26.0 Å². The quantitative estimate of drug-likeness (QED) is 0.592. The average Bonchev–Trinajstić information content (AvgIpc) is 2.53. The second kappa shape index (κ2) is 3.58. The van der Waals surface area contributed by atoms with Crippen LogP contribution < -0.4 is 5.69 Å². The van der Waals surface area contributed by atoms with E-state index in [1.165, 1.54) is 22.2 Å². The molecule has 1 aromatic carbocycles. The maximum absolute atomic E-state index is 11.7. The minimum atomic E-state index is -1.53. The van der Waals surface area contributed by atoms with E-state index in [0.717, 1.165) is 0 Å². The highest BCUT2D eigenvalue weighted by Gasteiger charge is 2.21. The van der Waals surface area contributed by atoms with Crippen molar-refractivity contribution in [3.05, 3.63) is 34.2 Å². The summed E-state index contributed by atoms with van der Waals surface area (Å²) in [6.07, 6.45) is 0. The first-order valence-electron chi connectivity index (χ1n) is 4.87. The number of imidazole rings is 1. The molecule has 6 nitrogen and oxygen atoms in total. The number of hydrogen-bond acceptors (Lipinski definition) is 3. The van der Waals surface area contributed by atoms with Crippen LogP contribution in [0.25, 0.3) is 11.0 Å². The first kappa shape index (κ1) is 11.1. The molecule has 6 heteroatoms. The van der Waals surface area contributed by atoms with Gasteiger partial charge < -0.3 is 5.11 Å². The molecule has 0 saturated carbocycles. The van der Waals surface area contributed by atoms with Crippen molar-refractivity contribution in [3.63, 3.8) is 0 Å². The predicted octanol–water partition coefficient (Wildman–Crippen LogP) is 0.144. The third kappa shape index (κ3) is 1.45. The summed E-state index contributed by atoms with van der Waals surface area (Å²) in [4.78, 5) is 33.9. The lowest BCUT2D eigenvalue weighted by atomic mass is 10.1. The van der Waals surface area contributed by atoms with Crippen molar-refractivity contribution in [2.24, 2.45) is 14.1 Å². The zero-order valence-electron chi connectivity index (χ0n) is 9.30. The van der Waals surface area contributed by atoms with E-state index in [0.29, 0.717) is 11.0 Å². The van der Waals surface area contributed by atoms with Gasteiger partial charge >= 0.3 is 11.7 Å². The number of benzene rings is 1. The molecule has 0 radical (unpaired) electrons. The Morgan fingerprint density at radius 3 is 2.41 bits per heavy atom. The molecule has 0 bridgehead atoms. The molecule has 0 fully saturated rings. The van der Waals surface area contributed by atoms with Gasteiger partial charge in [-0.1, -0.05) is 6.07 Å². The Labute approximate surface area is 95.7 Å². The van der Waals surface area contributed by atoms with Gasteiger partial charge in [-0.15, -0.1) is 0 Å². The standard InChI is InChI=1S/C11H10N2O4/c1-12-7-5-3-4-6(9(14)10(15)16)8(7)13(2)11(12)17/h3-5H,1-2H3,(H,15,16). The first-order valence-corrected chi connectivity index (χ1v) is 4.87. The number of aliphatic carboxylic acids is 1. The van der Waals surface area contributed by atoms with Crippen LogP contribution >= 0.6 is 0 Å². The molecule has 0 aliphatic carbocycles. The summed E-state index contributed by atoms with van der Waals surface area (Å²) in [7, 11) is 3.07. The van der Waals surface area contributed by atoms with E-state index < -0.39 is 11.8 Å². The number of carbonyl (C=O) groups is 2. The van der Waals surface area contributed by atoms with Crippen molar-refractivity contribution in [1.82, 2.24) is 9.13 Å². The smallest absolute Gasteiger partial charge is 0.377 e. The van der Waals surface area contributed by atoms with Gasteiger partial charge in [0.15, 0.2) is 0 Å². The number of aromatic nitrogens is 2. The van der Waals surface area contributed by atoms with E-state index in [4.69, 9.17) is 5.11 Å². The maximum atomic E-state index is 11.7. The number of carboxylic acids is 1. The fraction of sp³-hybridized carbons (Fsp3) is 0.182. The predicted molar refractivity (Wildman–Crippen MR) is 60.1 cm³/mol. The van der Waals surface area contributed by atoms with Crippen molar-refractivity contribution in [1.29, 1.82) is 0 Å². The molecular weight excluding hydrogens is 224 g/mol. The maximum Gasteiger partial charge on any atom is 0.377 e. The Morgan fingerprint density at radius 1 is 1.18 bits per heavy atom. The van der Waals surface area contributed by atoms with E-state index in [1.807, 2.05) is 0 Å². The molecule has 1 N–H and O–H groups in total. The van der Waals surface area contributed by atoms with Gasteiger partial charge in [0, 0.05) is 14.1 Å². The SMILES string of the molecule is Cn1c(=O)n(C)c2c(C(=O)C(=O)O)cccc21. The van der Waals surface area contributed by atoms with Gasteiger partial charge in [0.05, 0.1) is 16.6 Å². The Bertz CT molecular complexity index is 693. The van der Waals surface area contributed by atoms with Gasteiger partial charge in [-0.3, -0.25) is 13.9 Å². The Morgan fingerprint density at radius 2 is 1.82 bits per heavy atom. The number of hydrogen-bond donors (Lipinski definition) is 1. The zero-order chi connectivity index (χ0) is 12.7. The van der Waals surface area contributed by atoms with Crippen molar-refractivity contribution in [2.75, 3.05) is 0 Å². The molecule has 2 rings (SSSR count). The Kier molecular flexibility index (Phi) is 2.35. The minimum absolute atomic E-state index is 0.0233. The van der Waals surface area contributed by atoms with Crippen LogP contribution in [0.15, 0.2) is 23.0 Å². The van der Waals surface area contributed by atoms with Gasteiger partial charge in [0.2, 0.25) is 0 Å². The average molecular weight is 234 g/mol. The molecule has 0 amide bonds. The molecule has 1 aromatic heterocycles. The fourth-order valence-corrected chi connectivity index (χ4v) is 1.88. The summed E-state index contributed by atoms with van der Waals surface area (Å²) in [5.41, 5.74) is 0.595.